The Hall–Kier alpha value is -0.160. The molecule has 2 fully saturated rings. The second kappa shape index (κ2) is 11.5. The SMILES string of the molecule is CC.CC.CN1CCN(C(C)(N)CC(C)(C)C2CCNCC2)CC1. The quantitative estimate of drug-likeness (QED) is 0.822. The van der Waals surface area contributed by atoms with Crippen molar-refractivity contribution in [3.63, 3.8) is 0 Å². The summed E-state index contributed by atoms with van der Waals surface area (Å²) in [5.74, 6) is 0.805. The molecule has 1 atom stereocenters. The number of nitrogens with one attached hydrogen (secondary N) is 1. The van der Waals surface area contributed by atoms with E-state index in [9.17, 15) is 0 Å². The highest BCUT2D eigenvalue weighted by molar-refractivity contribution is 4.92. The highest BCUT2D eigenvalue weighted by Crippen LogP contribution is 2.40. The van der Waals surface area contributed by atoms with Crippen molar-refractivity contribution in [1.82, 2.24) is 15.1 Å². The summed E-state index contributed by atoms with van der Waals surface area (Å²) in [6.07, 6.45) is 3.69. The molecule has 0 amide bonds. The van der Waals surface area contributed by atoms with Crippen LogP contribution in [0.5, 0.6) is 0 Å². The van der Waals surface area contributed by atoms with Crippen LogP contribution in [0.15, 0.2) is 0 Å². The lowest BCUT2D eigenvalue weighted by Crippen LogP contribution is -2.61. The summed E-state index contributed by atoms with van der Waals surface area (Å²) in [4.78, 5) is 4.89. The van der Waals surface area contributed by atoms with Gasteiger partial charge in [-0.25, -0.2) is 0 Å². The largest absolute Gasteiger partial charge is 0.317 e. The molecule has 1 unspecified atom stereocenters. The first kappa shape index (κ1) is 23.8. The molecular weight excluding hydrogens is 296 g/mol. The third-order valence-corrected chi connectivity index (χ3v) is 5.48. The monoisotopic (exact) mass is 342 g/mol. The lowest BCUT2D eigenvalue weighted by Gasteiger charge is -2.48. The normalized spacial score (nSPS) is 23.4. The van der Waals surface area contributed by atoms with Crippen molar-refractivity contribution >= 4 is 0 Å². The van der Waals surface area contributed by atoms with Gasteiger partial charge in [0.15, 0.2) is 0 Å². The van der Waals surface area contributed by atoms with Crippen LogP contribution in [0.4, 0.5) is 0 Å². The molecule has 0 aromatic heterocycles. The van der Waals surface area contributed by atoms with Gasteiger partial charge in [-0.2, -0.15) is 0 Å². The van der Waals surface area contributed by atoms with Gasteiger partial charge in [-0.05, 0) is 57.7 Å². The summed E-state index contributed by atoms with van der Waals surface area (Å²) in [5, 5.41) is 3.47. The van der Waals surface area contributed by atoms with E-state index in [1.807, 2.05) is 27.7 Å². The molecule has 0 saturated carbocycles. The van der Waals surface area contributed by atoms with Gasteiger partial charge < -0.3 is 16.0 Å². The van der Waals surface area contributed by atoms with E-state index in [0.29, 0.717) is 5.41 Å². The summed E-state index contributed by atoms with van der Waals surface area (Å²) in [7, 11) is 2.20. The van der Waals surface area contributed by atoms with E-state index in [1.54, 1.807) is 0 Å². The molecule has 0 aromatic carbocycles. The molecule has 4 nitrogen and oxygen atoms in total. The highest BCUT2D eigenvalue weighted by atomic mass is 15.3. The molecule has 2 rings (SSSR count). The predicted molar refractivity (Wildman–Crippen MR) is 108 cm³/mol. The first-order valence-corrected chi connectivity index (χ1v) is 10.2. The number of hydrogen-bond acceptors (Lipinski definition) is 4. The highest BCUT2D eigenvalue weighted by Gasteiger charge is 2.39. The van der Waals surface area contributed by atoms with Gasteiger partial charge in [0.05, 0.1) is 5.66 Å². The molecule has 2 heterocycles. The van der Waals surface area contributed by atoms with Gasteiger partial charge in [-0.3, -0.25) is 4.90 Å². The minimum Gasteiger partial charge on any atom is -0.317 e. The van der Waals surface area contributed by atoms with E-state index in [-0.39, 0.29) is 5.66 Å². The lowest BCUT2D eigenvalue weighted by atomic mass is 9.69. The number of nitrogens with zero attached hydrogens (tertiary/aromatic N) is 2. The fraction of sp³-hybridized carbons (Fsp3) is 1.00. The van der Waals surface area contributed by atoms with Crippen molar-refractivity contribution < 1.29 is 0 Å². The van der Waals surface area contributed by atoms with Crippen molar-refractivity contribution in [3.8, 4) is 0 Å². The number of likely N-dealkylation sites (N-methyl/N-ethyl adjacent to an activating group) is 1. The minimum absolute atomic E-state index is 0.171. The number of rotatable bonds is 4. The number of nitrogens with two attached hydrogens (primary N) is 1. The molecule has 4 heteroatoms. The van der Waals surface area contributed by atoms with Gasteiger partial charge in [0.25, 0.3) is 0 Å². The zero-order chi connectivity index (χ0) is 18.8. The average Bonchev–Trinajstić information content (AvgIpc) is 2.59. The van der Waals surface area contributed by atoms with E-state index < -0.39 is 0 Å². The molecule has 146 valence electrons. The van der Waals surface area contributed by atoms with Gasteiger partial charge >= 0.3 is 0 Å². The molecule has 3 N–H and O–H groups in total. The predicted octanol–water partition coefficient (Wildman–Crippen LogP) is 3.38. The van der Waals surface area contributed by atoms with Crippen LogP contribution in [0, 0.1) is 11.3 Å². The Bertz CT molecular complexity index is 301. The van der Waals surface area contributed by atoms with Crippen LogP contribution in [-0.2, 0) is 0 Å². The van der Waals surface area contributed by atoms with Gasteiger partial charge in [0.1, 0.15) is 0 Å². The van der Waals surface area contributed by atoms with Crippen molar-refractivity contribution in [3.05, 3.63) is 0 Å². The second-order valence-electron chi connectivity index (χ2n) is 7.84. The van der Waals surface area contributed by atoms with E-state index in [1.165, 1.54) is 25.9 Å². The zero-order valence-electron chi connectivity index (χ0n) is 17.9. The van der Waals surface area contributed by atoms with Crippen LogP contribution >= 0.6 is 0 Å². The van der Waals surface area contributed by atoms with Gasteiger partial charge in [-0.1, -0.05) is 41.5 Å². The maximum Gasteiger partial charge on any atom is 0.0664 e. The van der Waals surface area contributed by atoms with Crippen molar-refractivity contribution in [2.45, 2.75) is 73.4 Å². The Morgan fingerprint density at radius 1 is 0.917 bits per heavy atom. The van der Waals surface area contributed by atoms with E-state index >= 15 is 0 Å². The van der Waals surface area contributed by atoms with Crippen LogP contribution in [0.25, 0.3) is 0 Å². The molecule has 24 heavy (non-hydrogen) atoms. The Kier molecular flexibility index (Phi) is 11.4. The Morgan fingerprint density at radius 2 is 1.38 bits per heavy atom. The number of hydrogen-bond donors (Lipinski definition) is 2. The Morgan fingerprint density at radius 3 is 1.83 bits per heavy atom. The first-order chi connectivity index (χ1) is 11.3. The van der Waals surface area contributed by atoms with Gasteiger partial charge in [0.2, 0.25) is 0 Å². The molecule has 2 aliphatic rings. The first-order valence-electron chi connectivity index (χ1n) is 10.2. The topological polar surface area (TPSA) is 44.5 Å². The standard InChI is InChI=1S/C16H34N4.2C2H6/c1-15(2,14-5-7-18-8-6-14)13-16(3,17)20-11-9-19(4)10-12-20;2*1-2/h14,18H,5-13,17H2,1-4H3;2*1-2H3. The summed E-state index contributed by atoms with van der Waals surface area (Å²) in [5.41, 5.74) is 6.88. The third-order valence-electron chi connectivity index (χ3n) is 5.48. The third kappa shape index (κ3) is 7.38. The fourth-order valence-corrected chi connectivity index (χ4v) is 4.10. The van der Waals surface area contributed by atoms with Gasteiger partial charge in [0, 0.05) is 26.2 Å². The molecule has 2 saturated heterocycles. The van der Waals surface area contributed by atoms with E-state index in [2.05, 4.69) is 42.9 Å². The van der Waals surface area contributed by atoms with Crippen LogP contribution in [0.3, 0.4) is 0 Å². The van der Waals surface area contributed by atoms with Crippen LogP contribution < -0.4 is 11.1 Å². The number of piperidine rings is 1. The number of piperazine rings is 1. The van der Waals surface area contributed by atoms with E-state index in [0.717, 1.165) is 38.5 Å². The Labute approximate surface area is 152 Å². The molecular formula is C20H46N4. The maximum atomic E-state index is 6.72. The summed E-state index contributed by atoms with van der Waals surface area (Å²) in [6, 6.07) is 0. The van der Waals surface area contributed by atoms with Crippen LogP contribution in [0.1, 0.15) is 67.7 Å². The maximum absolute atomic E-state index is 6.72. The van der Waals surface area contributed by atoms with Crippen LogP contribution in [0.2, 0.25) is 0 Å². The Balaban J connectivity index is 0.00000123. The fourth-order valence-electron chi connectivity index (χ4n) is 4.10. The van der Waals surface area contributed by atoms with E-state index in [4.69, 9.17) is 5.73 Å². The van der Waals surface area contributed by atoms with Gasteiger partial charge in [-0.15, -0.1) is 0 Å². The summed E-state index contributed by atoms with van der Waals surface area (Å²) in [6.45, 7) is 21.9. The molecule has 0 spiro atoms. The van der Waals surface area contributed by atoms with Crippen LogP contribution in [-0.4, -0.2) is 61.8 Å². The smallest absolute Gasteiger partial charge is 0.0664 e. The minimum atomic E-state index is -0.171. The summed E-state index contributed by atoms with van der Waals surface area (Å²) >= 11 is 0. The molecule has 0 aliphatic carbocycles. The second-order valence-corrected chi connectivity index (χ2v) is 7.84. The molecule has 0 bridgehead atoms. The average molecular weight is 343 g/mol. The van der Waals surface area contributed by atoms with Crippen molar-refractivity contribution in [1.29, 1.82) is 0 Å². The van der Waals surface area contributed by atoms with Crippen molar-refractivity contribution in [2.24, 2.45) is 17.1 Å². The molecule has 0 aromatic rings. The molecule has 0 radical (unpaired) electrons. The lowest BCUT2D eigenvalue weighted by molar-refractivity contribution is 0.00497. The molecule has 2 aliphatic heterocycles. The van der Waals surface area contributed by atoms with Crippen molar-refractivity contribution in [2.75, 3.05) is 46.3 Å². The summed E-state index contributed by atoms with van der Waals surface area (Å²) < 4.78 is 0. The zero-order valence-corrected chi connectivity index (χ0v) is 17.9.